The fraction of sp³-hybridized carbons (Fsp3) is 0.0769. The molecule has 2 heteroatoms. The molecule has 0 radical (unpaired) electrons. The second-order valence-electron chi connectivity index (χ2n) is 3.78. The molecule has 0 atom stereocenters. The monoisotopic (exact) mass is 261 g/mol. The van der Waals surface area contributed by atoms with Crippen LogP contribution in [0.1, 0.15) is 0 Å². The van der Waals surface area contributed by atoms with Crippen molar-refractivity contribution < 1.29 is 0 Å². The molecule has 0 saturated heterocycles. The van der Waals surface area contributed by atoms with Gasteiger partial charge in [0, 0.05) is 0 Å². The molecule has 0 fully saturated rings. The predicted molar refractivity (Wildman–Crippen MR) is 67.2 cm³/mol. The summed E-state index contributed by atoms with van der Waals surface area (Å²) in [6.45, 7) is 0. The summed E-state index contributed by atoms with van der Waals surface area (Å²) in [5.41, 5.74) is 2.59. The van der Waals surface area contributed by atoms with Crippen molar-refractivity contribution in [1.29, 1.82) is 0 Å². The number of rotatable bonds is 0. The molecule has 15 heavy (non-hydrogen) atoms. The Bertz CT molecular complexity index is 652. The number of aryl methyl sites for hydroxylation is 1. The summed E-state index contributed by atoms with van der Waals surface area (Å²) in [6, 6.07) is 15.1. The van der Waals surface area contributed by atoms with Gasteiger partial charge in [0.2, 0.25) is 0 Å². The number of nitrogens with zero attached hydrogens (tertiary/aromatic N) is 1. The van der Waals surface area contributed by atoms with Crippen molar-refractivity contribution in [2.24, 2.45) is 7.05 Å². The first kappa shape index (κ1) is 9.02. The van der Waals surface area contributed by atoms with Gasteiger partial charge in [0.05, 0.1) is 0 Å². The Kier molecular flexibility index (Phi) is 1.88. The summed E-state index contributed by atoms with van der Waals surface area (Å²) >= 11 is 2.60. The number of fused-ring (bicyclic) bond motifs is 3. The zero-order chi connectivity index (χ0) is 10.4. The molecule has 0 N–H and O–H groups in total. The molecule has 0 amide bonds. The van der Waals surface area contributed by atoms with Crippen LogP contribution in [0.5, 0.6) is 0 Å². The van der Waals surface area contributed by atoms with E-state index in [4.69, 9.17) is 0 Å². The van der Waals surface area contributed by atoms with Crippen LogP contribution < -0.4 is 4.46 Å². The predicted octanol–water partition coefficient (Wildman–Crippen LogP) is 1.86. The fourth-order valence-corrected chi connectivity index (χ4v) is 2.58. The quantitative estimate of drug-likeness (QED) is 0.544. The van der Waals surface area contributed by atoms with Crippen molar-refractivity contribution in [3.63, 3.8) is 0 Å². The SMILES string of the molecule is Cn1c2ccccc2c2cc([SeH])ccc21. The van der Waals surface area contributed by atoms with E-state index in [2.05, 4.69) is 70.1 Å². The van der Waals surface area contributed by atoms with E-state index in [0.29, 0.717) is 0 Å². The summed E-state index contributed by atoms with van der Waals surface area (Å²) in [5.74, 6) is 0. The van der Waals surface area contributed by atoms with E-state index in [1.54, 1.807) is 0 Å². The normalized spacial score (nSPS) is 11.3. The van der Waals surface area contributed by atoms with Crippen LogP contribution >= 0.6 is 0 Å². The Hall–Kier alpha value is -1.24. The summed E-state index contributed by atoms with van der Waals surface area (Å²) in [5, 5.41) is 2.68. The standard InChI is InChI=1S/C13H11NSe/c1-14-12-5-3-2-4-10(12)11-8-9(15)6-7-13(11)14/h2-8,15H,1H3. The molecule has 0 bridgehead atoms. The first-order chi connectivity index (χ1) is 7.27. The molecule has 0 aliphatic carbocycles. The minimum absolute atomic E-state index is 1.26. The van der Waals surface area contributed by atoms with Crippen LogP contribution in [-0.4, -0.2) is 20.6 Å². The van der Waals surface area contributed by atoms with Crippen molar-refractivity contribution in [3.8, 4) is 0 Å². The Morgan fingerprint density at radius 3 is 2.53 bits per heavy atom. The van der Waals surface area contributed by atoms with Crippen LogP contribution in [0.4, 0.5) is 0 Å². The van der Waals surface area contributed by atoms with E-state index in [0.717, 1.165) is 0 Å². The zero-order valence-corrected chi connectivity index (χ0v) is 10.3. The molecule has 74 valence electrons. The van der Waals surface area contributed by atoms with E-state index in [1.165, 1.54) is 26.3 Å². The number of aromatic nitrogens is 1. The van der Waals surface area contributed by atoms with Gasteiger partial charge in [0.15, 0.2) is 0 Å². The maximum absolute atomic E-state index is 2.60. The third kappa shape index (κ3) is 1.22. The molecule has 3 aromatic rings. The fourth-order valence-electron chi connectivity index (χ4n) is 2.16. The van der Waals surface area contributed by atoms with Gasteiger partial charge >= 0.3 is 96.4 Å². The van der Waals surface area contributed by atoms with Gasteiger partial charge in [-0.2, -0.15) is 0 Å². The van der Waals surface area contributed by atoms with Gasteiger partial charge in [0.1, 0.15) is 0 Å². The second kappa shape index (κ2) is 3.13. The molecule has 0 unspecified atom stereocenters. The third-order valence-corrected chi connectivity index (χ3v) is 3.48. The first-order valence-electron chi connectivity index (χ1n) is 4.93. The summed E-state index contributed by atoms with van der Waals surface area (Å²) in [7, 11) is 2.12. The molecule has 0 aliphatic heterocycles. The van der Waals surface area contributed by atoms with Crippen molar-refractivity contribution >= 4 is 42.3 Å². The van der Waals surface area contributed by atoms with Gasteiger partial charge < -0.3 is 0 Å². The van der Waals surface area contributed by atoms with Gasteiger partial charge in [-0.25, -0.2) is 0 Å². The van der Waals surface area contributed by atoms with Gasteiger partial charge in [0.25, 0.3) is 0 Å². The van der Waals surface area contributed by atoms with Gasteiger partial charge in [-0.3, -0.25) is 0 Å². The van der Waals surface area contributed by atoms with Crippen LogP contribution in [0.2, 0.25) is 0 Å². The molecule has 0 spiro atoms. The third-order valence-electron chi connectivity index (χ3n) is 2.90. The Balaban J connectivity index is 2.64. The van der Waals surface area contributed by atoms with Crippen LogP contribution in [0.25, 0.3) is 21.8 Å². The van der Waals surface area contributed by atoms with Crippen molar-refractivity contribution in [3.05, 3.63) is 42.5 Å². The summed E-state index contributed by atoms with van der Waals surface area (Å²) in [6.07, 6.45) is 0. The summed E-state index contributed by atoms with van der Waals surface area (Å²) in [4.78, 5) is 0. The maximum atomic E-state index is 2.60. The summed E-state index contributed by atoms with van der Waals surface area (Å²) < 4.78 is 3.50. The molecular formula is C13H11NSe. The molecule has 0 aliphatic rings. The van der Waals surface area contributed by atoms with Crippen LogP contribution in [0.3, 0.4) is 0 Å². The molecule has 1 nitrogen and oxygen atoms in total. The molecule has 1 heterocycles. The molecule has 1 aromatic heterocycles. The van der Waals surface area contributed by atoms with E-state index >= 15 is 0 Å². The van der Waals surface area contributed by atoms with E-state index < -0.39 is 0 Å². The van der Waals surface area contributed by atoms with Gasteiger partial charge in [-0.05, 0) is 0 Å². The first-order valence-corrected chi connectivity index (χ1v) is 5.87. The van der Waals surface area contributed by atoms with E-state index in [-0.39, 0.29) is 0 Å². The number of hydrogen-bond donors (Lipinski definition) is 0. The van der Waals surface area contributed by atoms with Crippen LogP contribution in [0.15, 0.2) is 42.5 Å². The van der Waals surface area contributed by atoms with Crippen molar-refractivity contribution in [1.82, 2.24) is 4.57 Å². The average Bonchev–Trinajstić information content (AvgIpc) is 2.54. The van der Waals surface area contributed by atoms with Crippen molar-refractivity contribution in [2.75, 3.05) is 0 Å². The Labute approximate surface area is 96.5 Å². The molecular weight excluding hydrogens is 249 g/mol. The average molecular weight is 260 g/mol. The Morgan fingerprint density at radius 2 is 1.67 bits per heavy atom. The molecule has 0 saturated carbocycles. The second-order valence-corrected chi connectivity index (χ2v) is 4.86. The van der Waals surface area contributed by atoms with Gasteiger partial charge in [-0.1, -0.05) is 0 Å². The van der Waals surface area contributed by atoms with Gasteiger partial charge in [-0.15, -0.1) is 0 Å². The molecule has 2 aromatic carbocycles. The van der Waals surface area contributed by atoms with E-state index in [1.807, 2.05) is 0 Å². The molecule has 3 rings (SSSR count). The zero-order valence-electron chi connectivity index (χ0n) is 8.44. The number of benzene rings is 2. The number of para-hydroxylation sites is 1. The Morgan fingerprint density at radius 1 is 0.933 bits per heavy atom. The van der Waals surface area contributed by atoms with Crippen LogP contribution in [-0.2, 0) is 7.05 Å². The topological polar surface area (TPSA) is 4.93 Å². The van der Waals surface area contributed by atoms with Crippen LogP contribution in [0, 0.1) is 0 Å². The minimum atomic E-state index is 1.26. The number of hydrogen-bond acceptors (Lipinski definition) is 0. The van der Waals surface area contributed by atoms with Crippen molar-refractivity contribution in [2.45, 2.75) is 0 Å². The van der Waals surface area contributed by atoms with E-state index in [9.17, 15) is 0 Å².